The van der Waals surface area contributed by atoms with E-state index in [2.05, 4.69) is 10.6 Å². The highest BCUT2D eigenvalue weighted by Gasteiger charge is 2.29. The average molecular weight is 208 g/mol. The lowest BCUT2D eigenvalue weighted by Gasteiger charge is -2.06. The van der Waals surface area contributed by atoms with Gasteiger partial charge in [-0.05, 0) is 19.1 Å². The fourth-order valence-corrected chi connectivity index (χ4v) is 1.52. The van der Waals surface area contributed by atoms with Crippen molar-refractivity contribution in [2.24, 2.45) is 0 Å². The van der Waals surface area contributed by atoms with Gasteiger partial charge in [0.2, 0.25) is 11.8 Å². The van der Waals surface area contributed by atoms with Crippen LogP contribution < -0.4 is 10.6 Å². The molecule has 0 aromatic carbocycles. The summed E-state index contributed by atoms with van der Waals surface area (Å²) in [7, 11) is 0. The molecule has 0 aliphatic carbocycles. The van der Waals surface area contributed by atoms with Crippen LogP contribution in [0.4, 0.5) is 0 Å². The third kappa shape index (κ3) is 2.24. The number of nitrogens with one attached hydrogen (secondary N) is 2. The third-order valence-corrected chi connectivity index (χ3v) is 2.29. The van der Waals surface area contributed by atoms with Crippen LogP contribution in [0.25, 0.3) is 0 Å². The Labute approximate surface area is 86.8 Å². The number of hydrogen-bond donors (Lipinski definition) is 2. The molecule has 1 unspecified atom stereocenters. The number of aryl methyl sites for hydroxylation is 1. The van der Waals surface area contributed by atoms with Crippen molar-refractivity contribution in [3.8, 4) is 0 Å². The Morgan fingerprint density at radius 1 is 1.53 bits per heavy atom. The topological polar surface area (TPSA) is 71.3 Å². The minimum Gasteiger partial charge on any atom is -0.465 e. The SMILES string of the molecule is Cc1ccc(CNC2CC(=O)NC2=O)o1. The number of imide groups is 1. The predicted octanol–water partition coefficient (Wildman–Crippen LogP) is 0.0927. The molecule has 5 nitrogen and oxygen atoms in total. The van der Waals surface area contributed by atoms with Crippen molar-refractivity contribution >= 4 is 11.8 Å². The zero-order valence-corrected chi connectivity index (χ0v) is 8.37. The van der Waals surface area contributed by atoms with Gasteiger partial charge >= 0.3 is 0 Å². The van der Waals surface area contributed by atoms with Gasteiger partial charge in [-0.1, -0.05) is 0 Å². The molecule has 1 atom stereocenters. The summed E-state index contributed by atoms with van der Waals surface area (Å²) in [6, 6.07) is 3.27. The number of rotatable bonds is 3. The molecule has 1 aromatic heterocycles. The summed E-state index contributed by atoms with van der Waals surface area (Å²) < 4.78 is 5.33. The Kier molecular flexibility index (Phi) is 2.55. The molecule has 2 heterocycles. The molecule has 0 saturated carbocycles. The maximum Gasteiger partial charge on any atom is 0.244 e. The van der Waals surface area contributed by atoms with E-state index in [-0.39, 0.29) is 18.2 Å². The van der Waals surface area contributed by atoms with Crippen LogP contribution in [0.1, 0.15) is 17.9 Å². The van der Waals surface area contributed by atoms with Crippen molar-refractivity contribution in [3.63, 3.8) is 0 Å². The van der Waals surface area contributed by atoms with Crippen LogP contribution in [0.2, 0.25) is 0 Å². The lowest BCUT2D eigenvalue weighted by Crippen LogP contribution is -2.35. The van der Waals surface area contributed by atoms with Crippen LogP contribution in [0.5, 0.6) is 0 Å². The van der Waals surface area contributed by atoms with E-state index in [0.717, 1.165) is 11.5 Å². The lowest BCUT2D eigenvalue weighted by atomic mass is 10.2. The molecule has 5 heteroatoms. The molecule has 1 aliphatic rings. The summed E-state index contributed by atoms with van der Waals surface area (Å²) >= 11 is 0. The summed E-state index contributed by atoms with van der Waals surface area (Å²) in [4.78, 5) is 22.1. The monoisotopic (exact) mass is 208 g/mol. The van der Waals surface area contributed by atoms with Crippen LogP contribution in [0.15, 0.2) is 16.5 Å². The van der Waals surface area contributed by atoms with Crippen LogP contribution in [0.3, 0.4) is 0 Å². The first-order valence-corrected chi connectivity index (χ1v) is 4.77. The number of furan rings is 1. The molecule has 0 spiro atoms. The average Bonchev–Trinajstić information content (AvgIpc) is 2.70. The van der Waals surface area contributed by atoms with Gasteiger partial charge in [0.25, 0.3) is 0 Å². The third-order valence-electron chi connectivity index (χ3n) is 2.29. The van der Waals surface area contributed by atoms with E-state index in [4.69, 9.17) is 4.42 Å². The van der Waals surface area contributed by atoms with Gasteiger partial charge in [-0.2, -0.15) is 0 Å². The first kappa shape index (κ1) is 9.92. The number of carbonyl (C=O) groups is 2. The Balaban J connectivity index is 1.88. The van der Waals surface area contributed by atoms with Gasteiger partial charge in [-0.25, -0.2) is 0 Å². The Bertz CT molecular complexity index is 397. The van der Waals surface area contributed by atoms with Crippen molar-refractivity contribution in [1.29, 1.82) is 0 Å². The van der Waals surface area contributed by atoms with Crippen LogP contribution in [0, 0.1) is 6.92 Å². The summed E-state index contributed by atoms with van der Waals surface area (Å²) in [5, 5.41) is 5.20. The largest absolute Gasteiger partial charge is 0.465 e. The lowest BCUT2D eigenvalue weighted by molar-refractivity contribution is -0.125. The predicted molar refractivity (Wildman–Crippen MR) is 51.8 cm³/mol. The van der Waals surface area contributed by atoms with E-state index in [1.54, 1.807) is 0 Å². The van der Waals surface area contributed by atoms with Crippen molar-refractivity contribution in [3.05, 3.63) is 23.7 Å². The van der Waals surface area contributed by atoms with Crippen molar-refractivity contribution in [2.75, 3.05) is 0 Å². The molecule has 2 amide bonds. The zero-order valence-electron chi connectivity index (χ0n) is 8.37. The van der Waals surface area contributed by atoms with Crippen molar-refractivity contribution in [2.45, 2.75) is 25.9 Å². The Hall–Kier alpha value is -1.62. The minimum atomic E-state index is -0.428. The van der Waals surface area contributed by atoms with Gasteiger partial charge in [-0.15, -0.1) is 0 Å². The maximum absolute atomic E-state index is 11.2. The number of amides is 2. The van der Waals surface area contributed by atoms with Crippen LogP contribution in [-0.2, 0) is 16.1 Å². The molecule has 80 valence electrons. The fraction of sp³-hybridized carbons (Fsp3) is 0.400. The maximum atomic E-state index is 11.2. The standard InChI is InChI=1S/C10H12N2O3/c1-6-2-3-7(15-6)5-11-8-4-9(13)12-10(8)14/h2-3,8,11H,4-5H2,1H3,(H,12,13,14). The highest BCUT2D eigenvalue weighted by Crippen LogP contribution is 2.07. The second-order valence-electron chi connectivity index (χ2n) is 3.56. The van der Waals surface area contributed by atoms with Gasteiger partial charge in [0.1, 0.15) is 11.5 Å². The van der Waals surface area contributed by atoms with E-state index in [1.807, 2.05) is 19.1 Å². The van der Waals surface area contributed by atoms with E-state index >= 15 is 0 Å². The van der Waals surface area contributed by atoms with Gasteiger partial charge < -0.3 is 4.42 Å². The summed E-state index contributed by atoms with van der Waals surface area (Å²) in [5.74, 6) is 1.11. The molecule has 2 rings (SSSR count). The molecule has 1 fully saturated rings. The fourth-order valence-electron chi connectivity index (χ4n) is 1.52. The molecule has 2 N–H and O–H groups in total. The van der Waals surface area contributed by atoms with Crippen LogP contribution in [-0.4, -0.2) is 17.9 Å². The molecule has 15 heavy (non-hydrogen) atoms. The summed E-state index contributed by atoms with van der Waals surface area (Å²) in [5.41, 5.74) is 0. The van der Waals surface area contributed by atoms with Crippen molar-refractivity contribution in [1.82, 2.24) is 10.6 Å². The van der Waals surface area contributed by atoms with Gasteiger partial charge in [0.05, 0.1) is 19.0 Å². The molecular weight excluding hydrogens is 196 g/mol. The first-order chi connectivity index (χ1) is 7.15. The molecule has 0 radical (unpaired) electrons. The van der Waals surface area contributed by atoms with Gasteiger partial charge in [-0.3, -0.25) is 20.2 Å². The minimum absolute atomic E-state index is 0.207. The van der Waals surface area contributed by atoms with Gasteiger partial charge in [0.15, 0.2) is 0 Å². The zero-order chi connectivity index (χ0) is 10.8. The normalized spacial score (nSPS) is 20.7. The van der Waals surface area contributed by atoms with E-state index < -0.39 is 6.04 Å². The highest BCUT2D eigenvalue weighted by molar-refractivity contribution is 6.05. The molecule has 1 saturated heterocycles. The Morgan fingerprint density at radius 3 is 2.87 bits per heavy atom. The van der Waals surface area contributed by atoms with Gasteiger partial charge in [0, 0.05) is 0 Å². The number of hydrogen-bond acceptors (Lipinski definition) is 4. The van der Waals surface area contributed by atoms with E-state index in [0.29, 0.717) is 6.54 Å². The Morgan fingerprint density at radius 2 is 2.33 bits per heavy atom. The number of carbonyl (C=O) groups excluding carboxylic acids is 2. The summed E-state index contributed by atoms with van der Waals surface area (Å²) in [6.45, 7) is 2.31. The second-order valence-corrected chi connectivity index (χ2v) is 3.56. The molecule has 1 aromatic rings. The first-order valence-electron chi connectivity index (χ1n) is 4.77. The highest BCUT2D eigenvalue weighted by atomic mass is 16.3. The molecular formula is C10H12N2O3. The van der Waals surface area contributed by atoms with Crippen molar-refractivity contribution < 1.29 is 14.0 Å². The smallest absolute Gasteiger partial charge is 0.244 e. The molecule has 1 aliphatic heterocycles. The summed E-state index contributed by atoms with van der Waals surface area (Å²) in [6.07, 6.45) is 0.207. The molecule has 0 bridgehead atoms. The van der Waals surface area contributed by atoms with Crippen LogP contribution >= 0.6 is 0 Å². The quantitative estimate of drug-likeness (QED) is 0.691. The second kappa shape index (κ2) is 3.86. The van der Waals surface area contributed by atoms with E-state index in [9.17, 15) is 9.59 Å². The van der Waals surface area contributed by atoms with E-state index in [1.165, 1.54) is 0 Å².